The summed E-state index contributed by atoms with van der Waals surface area (Å²) in [6, 6.07) is 21.9. The maximum Gasteiger partial charge on any atom is 0.166 e. The Hall–Kier alpha value is -2.49. The van der Waals surface area contributed by atoms with Crippen molar-refractivity contribution in [1.29, 1.82) is 5.26 Å². The Bertz CT molecular complexity index is 881. The quantitative estimate of drug-likeness (QED) is 0.410. The Kier molecular flexibility index (Phi) is 5.36. The molecule has 6 heteroatoms. The second-order valence-electron chi connectivity index (χ2n) is 4.99. The lowest BCUT2D eigenvalue weighted by Crippen LogP contribution is -2.01. The number of hydrogen-bond acceptors (Lipinski definition) is 5. The minimum absolute atomic E-state index is 0.577. The lowest BCUT2D eigenvalue weighted by Gasteiger charge is -2.04. The van der Waals surface area contributed by atoms with Crippen molar-refractivity contribution >= 4 is 34.5 Å². The number of thiol groups is 1. The molecule has 3 rings (SSSR count). The fraction of sp³-hybridized carbons (Fsp3) is 0.0556. The third kappa shape index (κ3) is 3.53. The van der Waals surface area contributed by atoms with E-state index in [4.69, 9.17) is 10.4 Å². The van der Waals surface area contributed by atoms with E-state index in [1.54, 1.807) is 0 Å². The van der Waals surface area contributed by atoms with Gasteiger partial charge in [-0.2, -0.15) is 10.4 Å². The van der Waals surface area contributed by atoms with E-state index in [9.17, 15) is 0 Å². The fourth-order valence-electron chi connectivity index (χ4n) is 2.39. The van der Waals surface area contributed by atoms with Gasteiger partial charge in [-0.05, 0) is 5.56 Å². The van der Waals surface area contributed by atoms with Crippen molar-refractivity contribution in [2.45, 2.75) is 11.4 Å². The Morgan fingerprint density at radius 1 is 1.12 bits per heavy atom. The first-order valence-electron chi connectivity index (χ1n) is 7.27. The molecule has 0 aliphatic rings. The monoisotopic (exact) mass is 350 g/mol. The molecule has 0 amide bonds. The van der Waals surface area contributed by atoms with Gasteiger partial charge in [0.25, 0.3) is 0 Å². The number of aromatic nitrogens is 2. The molecule has 0 saturated heterocycles. The van der Waals surface area contributed by atoms with E-state index >= 15 is 0 Å². The zero-order chi connectivity index (χ0) is 16.8. The van der Waals surface area contributed by atoms with E-state index in [-0.39, 0.29) is 0 Å². The minimum Gasteiger partial charge on any atom is -0.242 e. The number of rotatable bonds is 5. The molecule has 1 aromatic heterocycles. The zero-order valence-corrected chi connectivity index (χ0v) is 14.4. The van der Waals surface area contributed by atoms with Crippen LogP contribution in [0.2, 0.25) is 0 Å². The summed E-state index contributed by atoms with van der Waals surface area (Å²) in [5.41, 5.74) is 2.93. The normalized spacial score (nSPS) is 10.8. The molecule has 0 N–H and O–H groups in total. The third-order valence-electron chi connectivity index (χ3n) is 3.44. The topological polar surface area (TPSA) is 54.0 Å². The summed E-state index contributed by atoms with van der Waals surface area (Å²) >= 11 is 4.37. The fourth-order valence-corrected chi connectivity index (χ4v) is 3.38. The Morgan fingerprint density at radius 2 is 1.79 bits per heavy atom. The van der Waals surface area contributed by atoms with Crippen LogP contribution in [0.25, 0.3) is 11.3 Å². The maximum atomic E-state index is 8.84. The smallest absolute Gasteiger partial charge is 0.166 e. The Balaban J connectivity index is 2.11. The summed E-state index contributed by atoms with van der Waals surface area (Å²) in [7, 11) is 1.29. The van der Waals surface area contributed by atoms with Crippen LogP contribution in [-0.2, 0) is 6.54 Å². The van der Waals surface area contributed by atoms with Gasteiger partial charge in [-0.15, -0.1) is 11.7 Å². The second kappa shape index (κ2) is 7.86. The molecule has 0 radical (unpaired) electrons. The average Bonchev–Trinajstić information content (AvgIpc) is 2.98. The summed E-state index contributed by atoms with van der Waals surface area (Å²) in [5.74, 6) is 0.638. The first kappa shape index (κ1) is 16.4. The SMILES string of the molecule is N#C/C=N/c1c(SS)c(-c2ccccc2)nn1Cc1ccccc1. The molecule has 0 atom stereocenters. The van der Waals surface area contributed by atoms with E-state index < -0.39 is 0 Å². The van der Waals surface area contributed by atoms with Crippen LogP contribution in [0.5, 0.6) is 0 Å². The largest absolute Gasteiger partial charge is 0.242 e. The number of benzene rings is 2. The number of nitrogens with zero attached hydrogens (tertiary/aromatic N) is 4. The van der Waals surface area contributed by atoms with Crippen molar-refractivity contribution in [1.82, 2.24) is 9.78 Å². The lowest BCUT2D eigenvalue weighted by atomic mass is 10.1. The van der Waals surface area contributed by atoms with E-state index in [0.717, 1.165) is 21.7 Å². The van der Waals surface area contributed by atoms with Gasteiger partial charge in [-0.25, -0.2) is 9.67 Å². The predicted octanol–water partition coefficient (Wildman–Crippen LogP) is 4.76. The summed E-state index contributed by atoms with van der Waals surface area (Å²) in [4.78, 5) is 5.12. The van der Waals surface area contributed by atoms with Gasteiger partial charge in [0.1, 0.15) is 18.0 Å². The van der Waals surface area contributed by atoms with Gasteiger partial charge in [-0.1, -0.05) is 71.5 Å². The highest BCUT2D eigenvalue weighted by Gasteiger charge is 2.18. The van der Waals surface area contributed by atoms with Crippen LogP contribution >= 0.6 is 22.5 Å². The molecular formula is C18H14N4S2. The molecule has 0 aliphatic carbocycles. The number of nitriles is 1. The van der Waals surface area contributed by atoms with Gasteiger partial charge < -0.3 is 0 Å². The minimum atomic E-state index is 0.577. The third-order valence-corrected chi connectivity index (χ3v) is 4.55. The molecular weight excluding hydrogens is 336 g/mol. The van der Waals surface area contributed by atoms with Crippen LogP contribution in [-0.4, -0.2) is 16.0 Å². The zero-order valence-electron chi connectivity index (χ0n) is 12.7. The highest BCUT2D eigenvalue weighted by Crippen LogP contribution is 2.40. The van der Waals surface area contributed by atoms with Gasteiger partial charge >= 0.3 is 0 Å². The molecule has 0 spiro atoms. The van der Waals surface area contributed by atoms with Crippen molar-refractivity contribution in [3.8, 4) is 17.3 Å². The van der Waals surface area contributed by atoms with Crippen LogP contribution < -0.4 is 0 Å². The van der Waals surface area contributed by atoms with Crippen LogP contribution in [0.1, 0.15) is 5.56 Å². The van der Waals surface area contributed by atoms with Crippen molar-refractivity contribution in [3.05, 3.63) is 66.2 Å². The van der Waals surface area contributed by atoms with Crippen molar-refractivity contribution < 1.29 is 0 Å². The van der Waals surface area contributed by atoms with Crippen LogP contribution in [0, 0.1) is 11.3 Å². The maximum absolute atomic E-state index is 8.84. The van der Waals surface area contributed by atoms with E-state index in [2.05, 4.69) is 16.7 Å². The molecule has 2 aromatic carbocycles. The van der Waals surface area contributed by atoms with Gasteiger partial charge in [0, 0.05) is 5.56 Å². The Morgan fingerprint density at radius 3 is 2.42 bits per heavy atom. The standard InChI is InChI=1S/C18H14N4S2/c19-11-12-20-18-17(24-23)16(15-9-5-2-6-10-15)21-22(18)13-14-7-3-1-4-8-14/h1-10,12,23H,13H2/b20-12+. The van der Waals surface area contributed by atoms with E-state index in [0.29, 0.717) is 12.4 Å². The highest BCUT2D eigenvalue weighted by molar-refractivity contribution is 8.68. The van der Waals surface area contributed by atoms with Crippen LogP contribution in [0.4, 0.5) is 5.82 Å². The van der Waals surface area contributed by atoms with E-state index in [1.165, 1.54) is 17.0 Å². The number of hydrogen-bond donors (Lipinski definition) is 1. The molecule has 0 bridgehead atoms. The van der Waals surface area contributed by atoms with Crippen LogP contribution in [0.15, 0.2) is 70.6 Å². The lowest BCUT2D eigenvalue weighted by molar-refractivity contribution is 0.692. The van der Waals surface area contributed by atoms with Gasteiger partial charge in [0.05, 0.1) is 11.4 Å². The van der Waals surface area contributed by atoms with Crippen LogP contribution in [0.3, 0.4) is 0 Å². The Labute approximate surface area is 149 Å². The molecule has 118 valence electrons. The molecule has 3 aromatic rings. The van der Waals surface area contributed by atoms with E-state index in [1.807, 2.05) is 71.4 Å². The highest BCUT2D eigenvalue weighted by atomic mass is 33.1. The average molecular weight is 350 g/mol. The summed E-state index contributed by atoms with van der Waals surface area (Å²) in [6.07, 6.45) is 1.22. The van der Waals surface area contributed by atoms with Gasteiger partial charge in [0.15, 0.2) is 5.82 Å². The number of aliphatic imine (C=N–C) groups is 1. The summed E-state index contributed by atoms with van der Waals surface area (Å²) < 4.78 is 1.81. The van der Waals surface area contributed by atoms with Crippen molar-refractivity contribution in [3.63, 3.8) is 0 Å². The molecule has 0 unspecified atom stereocenters. The second-order valence-corrected chi connectivity index (χ2v) is 6.13. The van der Waals surface area contributed by atoms with Crippen molar-refractivity contribution in [2.24, 2.45) is 4.99 Å². The molecule has 0 fully saturated rings. The van der Waals surface area contributed by atoms with Gasteiger partial charge in [-0.3, -0.25) is 0 Å². The first-order valence-corrected chi connectivity index (χ1v) is 9.14. The summed E-state index contributed by atoms with van der Waals surface area (Å²) in [6.45, 7) is 0.577. The summed E-state index contributed by atoms with van der Waals surface area (Å²) in [5, 5.41) is 13.6. The molecule has 24 heavy (non-hydrogen) atoms. The van der Waals surface area contributed by atoms with Crippen molar-refractivity contribution in [2.75, 3.05) is 0 Å². The molecule has 1 heterocycles. The predicted molar refractivity (Wildman–Crippen MR) is 102 cm³/mol. The first-order chi connectivity index (χ1) is 11.8. The van der Waals surface area contributed by atoms with Gasteiger partial charge in [0.2, 0.25) is 0 Å². The molecule has 0 aliphatic heterocycles. The molecule has 4 nitrogen and oxygen atoms in total. The molecule has 0 saturated carbocycles.